The monoisotopic (exact) mass is 254 g/mol. The molecular formula is C12H12F2N2S. The van der Waals surface area contributed by atoms with Gasteiger partial charge in [-0.3, -0.25) is 0 Å². The number of benzene rings is 1. The van der Waals surface area contributed by atoms with Gasteiger partial charge in [-0.25, -0.2) is 13.8 Å². The second-order valence-corrected chi connectivity index (χ2v) is 5.01. The van der Waals surface area contributed by atoms with Crippen LogP contribution >= 0.6 is 11.3 Å². The molecule has 0 aliphatic rings. The minimum atomic E-state index is -0.588. The predicted octanol–water partition coefficient (Wildman–Crippen LogP) is 3.65. The number of thiazole rings is 1. The van der Waals surface area contributed by atoms with Crippen LogP contribution in [0.3, 0.4) is 0 Å². The van der Waals surface area contributed by atoms with Gasteiger partial charge in [0, 0.05) is 10.9 Å². The van der Waals surface area contributed by atoms with Crippen LogP contribution in [0.15, 0.2) is 18.2 Å². The lowest BCUT2D eigenvalue weighted by Crippen LogP contribution is -2.01. The van der Waals surface area contributed by atoms with Crippen LogP contribution in [0.25, 0.3) is 0 Å². The van der Waals surface area contributed by atoms with Crippen LogP contribution in [0, 0.1) is 25.5 Å². The molecule has 1 N–H and O–H groups in total. The van der Waals surface area contributed by atoms with Crippen LogP contribution in [-0.2, 0) is 6.54 Å². The van der Waals surface area contributed by atoms with E-state index in [1.54, 1.807) is 11.3 Å². The summed E-state index contributed by atoms with van der Waals surface area (Å²) >= 11 is 1.57. The maximum absolute atomic E-state index is 13.3. The number of halogens is 2. The first-order chi connectivity index (χ1) is 8.06. The highest BCUT2D eigenvalue weighted by Crippen LogP contribution is 2.19. The molecule has 0 bridgehead atoms. The lowest BCUT2D eigenvalue weighted by atomic mass is 10.3. The zero-order chi connectivity index (χ0) is 12.4. The minimum absolute atomic E-state index is 0.289. The third-order valence-corrected chi connectivity index (χ3v) is 3.51. The van der Waals surface area contributed by atoms with E-state index in [4.69, 9.17) is 0 Å². The average molecular weight is 254 g/mol. The van der Waals surface area contributed by atoms with Gasteiger partial charge in [0.15, 0.2) is 0 Å². The van der Waals surface area contributed by atoms with Gasteiger partial charge >= 0.3 is 0 Å². The molecule has 17 heavy (non-hydrogen) atoms. The Kier molecular flexibility index (Phi) is 3.38. The normalized spacial score (nSPS) is 10.6. The van der Waals surface area contributed by atoms with Crippen LogP contribution in [-0.4, -0.2) is 4.98 Å². The lowest BCUT2D eigenvalue weighted by molar-refractivity contribution is 0.585. The number of hydrogen-bond acceptors (Lipinski definition) is 3. The minimum Gasteiger partial charge on any atom is -0.376 e. The topological polar surface area (TPSA) is 24.9 Å². The van der Waals surface area contributed by atoms with Gasteiger partial charge < -0.3 is 5.32 Å². The summed E-state index contributed by atoms with van der Waals surface area (Å²) in [7, 11) is 0. The highest BCUT2D eigenvalue weighted by molar-refractivity contribution is 7.11. The number of aryl methyl sites for hydroxylation is 2. The van der Waals surface area contributed by atoms with E-state index in [0.717, 1.165) is 21.6 Å². The maximum atomic E-state index is 13.3. The van der Waals surface area contributed by atoms with Crippen molar-refractivity contribution in [2.75, 3.05) is 5.32 Å². The van der Waals surface area contributed by atoms with Crippen molar-refractivity contribution in [2.24, 2.45) is 0 Å². The summed E-state index contributed by atoms with van der Waals surface area (Å²) in [6.07, 6.45) is 0. The summed E-state index contributed by atoms with van der Waals surface area (Å²) in [4.78, 5) is 5.49. The van der Waals surface area contributed by atoms with Gasteiger partial charge in [0.25, 0.3) is 0 Å². The van der Waals surface area contributed by atoms with Crippen LogP contribution < -0.4 is 5.32 Å². The van der Waals surface area contributed by atoms with Crippen LogP contribution in [0.4, 0.5) is 14.5 Å². The molecule has 1 heterocycles. The van der Waals surface area contributed by atoms with E-state index in [-0.39, 0.29) is 5.69 Å². The standard InChI is InChI=1S/C12H12F2N2S/c1-7-8(2)17-12(16-7)6-15-11-4-3-9(13)5-10(11)14/h3-5,15H,6H2,1-2H3. The average Bonchev–Trinajstić information content (AvgIpc) is 2.57. The Bertz CT molecular complexity index is 518. The first kappa shape index (κ1) is 12.0. The summed E-state index contributed by atoms with van der Waals surface area (Å²) in [5, 5.41) is 3.80. The van der Waals surface area contributed by atoms with Gasteiger partial charge in [0.1, 0.15) is 16.6 Å². The molecule has 0 spiro atoms. The van der Waals surface area contributed by atoms with Crippen molar-refractivity contribution in [2.45, 2.75) is 20.4 Å². The smallest absolute Gasteiger partial charge is 0.149 e. The molecule has 90 valence electrons. The first-order valence-corrected chi connectivity index (χ1v) is 6.00. The van der Waals surface area contributed by atoms with E-state index >= 15 is 0 Å². The number of aromatic nitrogens is 1. The van der Waals surface area contributed by atoms with Crippen molar-refractivity contribution < 1.29 is 8.78 Å². The molecule has 0 radical (unpaired) electrons. The van der Waals surface area contributed by atoms with Crippen molar-refractivity contribution >= 4 is 17.0 Å². The lowest BCUT2D eigenvalue weighted by Gasteiger charge is -2.05. The molecule has 1 aromatic carbocycles. The molecule has 0 atom stereocenters. The second-order valence-electron chi connectivity index (χ2n) is 3.73. The van der Waals surface area contributed by atoms with Crippen molar-refractivity contribution in [1.82, 2.24) is 4.98 Å². The Hall–Kier alpha value is -1.49. The molecular weight excluding hydrogens is 242 g/mol. The molecule has 0 saturated heterocycles. The molecule has 2 rings (SSSR count). The molecule has 5 heteroatoms. The quantitative estimate of drug-likeness (QED) is 0.904. The van der Waals surface area contributed by atoms with Gasteiger partial charge in [-0.1, -0.05) is 0 Å². The predicted molar refractivity (Wildman–Crippen MR) is 65.3 cm³/mol. The SMILES string of the molecule is Cc1nc(CNc2ccc(F)cc2F)sc1C. The highest BCUT2D eigenvalue weighted by atomic mass is 32.1. The Morgan fingerprint density at radius 3 is 2.65 bits per heavy atom. The Morgan fingerprint density at radius 1 is 1.29 bits per heavy atom. The van der Waals surface area contributed by atoms with Crippen LogP contribution in [0.5, 0.6) is 0 Å². The Balaban J connectivity index is 2.07. The number of nitrogens with zero attached hydrogens (tertiary/aromatic N) is 1. The number of hydrogen-bond donors (Lipinski definition) is 1. The highest BCUT2D eigenvalue weighted by Gasteiger charge is 2.06. The van der Waals surface area contributed by atoms with Gasteiger partial charge in [-0.05, 0) is 26.0 Å². The van der Waals surface area contributed by atoms with Crippen LogP contribution in [0.2, 0.25) is 0 Å². The molecule has 0 unspecified atom stereocenters. The Labute approximate surface area is 102 Å². The zero-order valence-corrected chi connectivity index (χ0v) is 10.4. The van der Waals surface area contributed by atoms with Gasteiger partial charge in [0.05, 0.1) is 17.9 Å². The largest absolute Gasteiger partial charge is 0.376 e. The number of rotatable bonds is 3. The van der Waals surface area contributed by atoms with Gasteiger partial charge in [0.2, 0.25) is 0 Å². The van der Waals surface area contributed by atoms with E-state index in [2.05, 4.69) is 10.3 Å². The molecule has 0 aliphatic heterocycles. The van der Waals surface area contributed by atoms with E-state index in [1.807, 2.05) is 13.8 Å². The zero-order valence-electron chi connectivity index (χ0n) is 9.55. The molecule has 2 aromatic rings. The summed E-state index contributed by atoms with van der Waals surface area (Å²) in [6.45, 7) is 4.38. The van der Waals surface area contributed by atoms with Crippen LogP contribution in [0.1, 0.15) is 15.6 Å². The molecule has 0 fully saturated rings. The van der Waals surface area contributed by atoms with Gasteiger partial charge in [-0.2, -0.15) is 0 Å². The third-order valence-electron chi connectivity index (χ3n) is 2.43. The number of anilines is 1. The molecule has 0 saturated carbocycles. The summed E-state index contributed by atoms with van der Waals surface area (Å²) in [5.74, 6) is -1.16. The molecule has 0 aliphatic carbocycles. The van der Waals surface area contributed by atoms with E-state index in [0.29, 0.717) is 6.54 Å². The fraction of sp³-hybridized carbons (Fsp3) is 0.250. The van der Waals surface area contributed by atoms with Crippen molar-refractivity contribution in [3.05, 3.63) is 45.4 Å². The second kappa shape index (κ2) is 4.79. The maximum Gasteiger partial charge on any atom is 0.149 e. The van der Waals surface area contributed by atoms with E-state index in [9.17, 15) is 8.78 Å². The van der Waals surface area contributed by atoms with E-state index in [1.165, 1.54) is 12.1 Å². The molecule has 1 aromatic heterocycles. The summed E-state index contributed by atoms with van der Waals surface area (Å²) < 4.78 is 26.0. The molecule has 0 amide bonds. The Morgan fingerprint density at radius 2 is 2.06 bits per heavy atom. The van der Waals surface area contributed by atoms with Crippen molar-refractivity contribution in [3.63, 3.8) is 0 Å². The fourth-order valence-electron chi connectivity index (χ4n) is 1.42. The fourth-order valence-corrected chi connectivity index (χ4v) is 2.29. The third kappa shape index (κ3) is 2.79. The van der Waals surface area contributed by atoms with E-state index < -0.39 is 11.6 Å². The van der Waals surface area contributed by atoms with Gasteiger partial charge in [-0.15, -0.1) is 11.3 Å². The summed E-state index contributed by atoms with van der Waals surface area (Å²) in [5.41, 5.74) is 1.28. The first-order valence-electron chi connectivity index (χ1n) is 5.18. The van der Waals surface area contributed by atoms with Crippen molar-refractivity contribution in [1.29, 1.82) is 0 Å². The molecule has 2 nitrogen and oxygen atoms in total. The van der Waals surface area contributed by atoms with Crippen molar-refractivity contribution in [3.8, 4) is 0 Å². The summed E-state index contributed by atoms with van der Waals surface area (Å²) in [6, 6.07) is 3.47. The number of nitrogens with one attached hydrogen (secondary N) is 1.